The Hall–Kier alpha value is -5.66. The molecule has 0 aliphatic rings. The quantitative estimate of drug-likeness (QED) is 0.0705. The number of hydrogen-bond acceptors (Lipinski definition) is 8. The van der Waals surface area contributed by atoms with Gasteiger partial charge in [-0.3, -0.25) is 0 Å². The first-order valence-electron chi connectivity index (χ1n) is 18.2. The van der Waals surface area contributed by atoms with Gasteiger partial charge < -0.3 is 29.9 Å². The molecule has 0 aliphatic heterocycles. The zero-order valence-corrected chi connectivity index (χ0v) is 32.7. The summed E-state index contributed by atoms with van der Waals surface area (Å²) < 4.78 is 20.3. The summed E-state index contributed by atoms with van der Waals surface area (Å²) in [5.41, 5.74) is 6.25. The van der Waals surface area contributed by atoms with Gasteiger partial charge in [0.15, 0.2) is 0 Å². The van der Waals surface area contributed by atoms with Crippen molar-refractivity contribution in [2.45, 2.75) is 26.7 Å². The maximum absolute atomic E-state index is 11.2. The van der Waals surface area contributed by atoms with Gasteiger partial charge in [-0.05, 0) is 108 Å². The van der Waals surface area contributed by atoms with Gasteiger partial charge in [-0.2, -0.15) is 0 Å². The SMILES string of the molecule is CCOC(=O)COCCc1ccc(C#Cc2ccc3ccccc3c2)cc1.CCOC(=O)COCCc1ccc(C#Cc2ccc3ccccc3c2)cc1.[Li+].[OH-].[OH-]. The maximum Gasteiger partial charge on any atom is 1.00 e. The molecule has 0 atom stereocenters. The third-order valence-corrected chi connectivity index (χ3v) is 8.23. The van der Waals surface area contributed by atoms with Gasteiger partial charge in [0.05, 0.1) is 26.4 Å². The summed E-state index contributed by atoms with van der Waals surface area (Å²) in [7, 11) is 0. The Kier molecular flexibility index (Phi) is 21.9. The van der Waals surface area contributed by atoms with Gasteiger partial charge in [0, 0.05) is 22.3 Å². The summed E-state index contributed by atoms with van der Waals surface area (Å²) in [5.74, 6) is 12.2. The van der Waals surface area contributed by atoms with Crippen molar-refractivity contribution in [3.05, 3.63) is 167 Å². The molecule has 9 heteroatoms. The van der Waals surface area contributed by atoms with Crippen molar-refractivity contribution < 1.29 is 58.3 Å². The van der Waals surface area contributed by atoms with Crippen LogP contribution in [0.2, 0.25) is 0 Å². The molecular weight excluding hydrogens is 711 g/mol. The van der Waals surface area contributed by atoms with E-state index in [1.165, 1.54) is 21.5 Å². The molecule has 0 heterocycles. The first-order chi connectivity index (χ1) is 26.5. The van der Waals surface area contributed by atoms with Gasteiger partial charge >= 0.3 is 30.8 Å². The van der Waals surface area contributed by atoms with E-state index in [9.17, 15) is 9.59 Å². The normalized spacial score (nSPS) is 9.72. The molecule has 0 aliphatic carbocycles. The van der Waals surface area contributed by atoms with E-state index in [1.807, 2.05) is 84.9 Å². The van der Waals surface area contributed by atoms with Crippen molar-refractivity contribution in [3.8, 4) is 23.7 Å². The zero-order valence-electron chi connectivity index (χ0n) is 32.7. The topological polar surface area (TPSA) is 131 Å². The van der Waals surface area contributed by atoms with Gasteiger partial charge in [-0.25, -0.2) is 9.59 Å². The van der Waals surface area contributed by atoms with Gasteiger partial charge in [-0.15, -0.1) is 0 Å². The van der Waals surface area contributed by atoms with Crippen molar-refractivity contribution in [3.63, 3.8) is 0 Å². The molecule has 0 spiro atoms. The van der Waals surface area contributed by atoms with E-state index in [4.69, 9.17) is 18.9 Å². The summed E-state index contributed by atoms with van der Waals surface area (Å²) in [4.78, 5) is 22.4. The monoisotopic (exact) mass is 757 g/mol. The minimum absolute atomic E-state index is 0. The van der Waals surface area contributed by atoms with Crippen molar-refractivity contribution >= 4 is 33.5 Å². The van der Waals surface area contributed by atoms with E-state index in [0.29, 0.717) is 26.4 Å². The van der Waals surface area contributed by atoms with E-state index in [1.54, 1.807) is 13.8 Å². The number of carbonyl (C=O) groups excluding carboxylic acids is 2. The molecule has 6 aromatic carbocycles. The van der Waals surface area contributed by atoms with Crippen molar-refractivity contribution in [1.82, 2.24) is 0 Å². The van der Waals surface area contributed by atoms with E-state index in [0.717, 1.165) is 46.2 Å². The fourth-order valence-corrected chi connectivity index (χ4v) is 5.43. The molecule has 2 N–H and O–H groups in total. The summed E-state index contributed by atoms with van der Waals surface area (Å²) in [6.07, 6.45) is 1.50. The minimum Gasteiger partial charge on any atom is -0.870 e. The summed E-state index contributed by atoms with van der Waals surface area (Å²) in [6, 6.07) is 45.2. The second kappa shape index (κ2) is 26.2. The molecule has 0 unspecified atom stereocenters. The molecular formula is C48H46LiO8-. The standard InChI is InChI=1S/2C24H22O3.Li.2H2O/c2*1-2-27-24(25)18-26-16-15-20-9-7-19(8-10-20)11-12-21-13-14-22-5-3-4-6-23(22)17-21;;;/h2*3-10,13-14,17H,2,15-16,18H2,1H3;;2*1H2/q;;+1;;/p-2. The van der Waals surface area contributed by atoms with Gasteiger partial charge in [0.25, 0.3) is 0 Å². The number of benzene rings is 6. The summed E-state index contributed by atoms with van der Waals surface area (Å²) >= 11 is 0. The molecule has 0 saturated carbocycles. The first kappa shape index (κ1) is 47.5. The van der Waals surface area contributed by atoms with Crippen LogP contribution in [0.15, 0.2) is 133 Å². The maximum atomic E-state index is 11.2. The Labute approximate surface area is 347 Å². The number of hydrogen-bond donors (Lipinski definition) is 0. The number of ether oxygens (including phenoxy) is 4. The average molecular weight is 758 g/mol. The zero-order chi connectivity index (χ0) is 37.8. The van der Waals surface area contributed by atoms with Crippen LogP contribution in [0.1, 0.15) is 47.2 Å². The number of esters is 2. The Morgan fingerprint density at radius 3 is 1.16 bits per heavy atom. The Bertz CT molecular complexity index is 2100. The van der Waals surface area contributed by atoms with Crippen molar-refractivity contribution in [2.24, 2.45) is 0 Å². The predicted molar refractivity (Wildman–Crippen MR) is 219 cm³/mol. The molecule has 0 fully saturated rings. The third-order valence-electron chi connectivity index (χ3n) is 8.23. The third kappa shape index (κ3) is 16.5. The Morgan fingerprint density at radius 2 is 0.789 bits per heavy atom. The van der Waals surface area contributed by atoms with Crippen LogP contribution in [0.3, 0.4) is 0 Å². The van der Waals surface area contributed by atoms with Gasteiger partial charge in [0.1, 0.15) is 13.2 Å². The smallest absolute Gasteiger partial charge is 0.870 e. The second-order valence-corrected chi connectivity index (χ2v) is 12.2. The molecule has 0 bridgehead atoms. The molecule has 6 rings (SSSR count). The molecule has 8 nitrogen and oxygen atoms in total. The molecule has 0 aromatic heterocycles. The van der Waals surface area contributed by atoms with Crippen LogP contribution >= 0.6 is 0 Å². The molecule has 0 saturated heterocycles. The van der Waals surface area contributed by atoms with E-state index >= 15 is 0 Å². The van der Waals surface area contributed by atoms with Gasteiger partial charge in [0.2, 0.25) is 0 Å². The van der Waals surface area contributed by atoms with Crippen LogP contribution in [-0.4, -0.2) is 62.5 Å². The first-order valence-corrected chi connectivity index (χ1v) is 18.2. The van der Waals surface area contributed by atoms with Crippen molar-refractivity contribution in [2.75, 3.05) is 39.6 Å². The van der Waals surface area contributed by atoms with Crippen LogP contribution in [-0.2, 0) is 41.4 Å². The molecule has 0 amide bonds. The fourth-order valence-electron chi connectivity index (χ4n) is 5.43. The second-order valence-electron chi connectivity index (χ2n) is 12.2. The van der Waals surface area contributed by atoms with Crippen LogP contribution in [0.4, 0.5) is 0 Å². The van der Waals surface area contributed by atoms with Crippen LogP contribution in [0, 0.1) is 23.7 Å². The summed E-state index contributed by atoms with van der Waals surface area (Å²) in [5, 5.41) is 4.83. The average Bonchev–Trinajstić information content (AvgIpc) is 3.21. The number of fused-ring (bicyclic) bond motifs is 2. The van der Waals surface area contributed by atoms with Crippen LogP contribution in [0.5, 0.6) is 0 Å². The largest absolute Gasteiger partial charge is 1.00 e. The van der Waals surface area contributed by atoms with Crippen LogP contribution in [0.25, 0.3) is 21.5 Å². The van der Waals surface area contributed by atoms with Gasteiger partial charge in [-0.1, -0.05) is 109 Å². The Morgan fingerprint density at radius 1 is 0.456 bits per heavy atom. The predicted octanol–water partition coefficient (Wildman–Crippen LogP) is 5.37. The summed E-state index contributed by atoms with van der Waals surface area (Å²) in [6.45, 7) is 5.30. The van der Waals surface area contributed by atoms with Crippen LogP contribution < -0.4 is 18.9 Å². The molecule has 288 valence electrons. The Balaban J connectivity index is 0.000000374. The van der Waals surface area contributed by atoms with E-state index < -0.39 is 0 Å². The van der Waals surface area contributed by atoms with E-state index in [2.05, 4.69) is 72.2 Å². The minimum atomic E-state index is -0.322. The van der Waals surface area contributed by atoms with E-state index in [-0.39, 0.29) is 55.0 Å². The molecule has 57 heavy (non-hydrogen) atoms. The van der Waals surface area contributed by atoms with Crippen molar-refractivity contribution in [1.29, 1.82) is 0 Å². The fraction of sp³-hybridized carbons (Fsp3) is 0.208. The molecule has 6 aromatic rings. The number of rotatable bonds is 12. The molecule has 0 radical (unpaired) electrons. The number of carbonyl (C=O) groups is 2.